The van der Waals surface area contributed by atoms with Gasteiger partial charge in [0.25, 0.3) is 0 Å². The molecule has 34 heavy (non-hydrogen) atoms. The molecule has 1 saturated heterocycles. The number of carbonyl (C=O) groups is 1. The minimum atomic E-state index is -3.74. The van der Waals surface area contributed by atoms with Gasteiger partial charge in [-0.3, -0.25) is 4.79 Å². The summed E-state index contributed by atoms with van der Waals surface area (Å²) in [6.07, 6.45) is 3.15. The van der Waals surface area contributed by atoms with Crippen LogP contribution in [0.1, 0.15) is 48.8 Å². The van der Waals surface area contributed by atoms with Gasteiger partial charge in [0.2, 0.25) is 15.9 Å². The largest absolute Gasteiger partial charge is 0.353 e. The first-order valence-electron chi connectivity index (χ1n) is 12.0. The van der Waals surface area contributed by atoms with E-state index in [0.717, 1.165) is 18.4 Å². The molecule has 1 aliphatic carbocycles. The number of nitrogens with one attached hydrogen (secondary N) is 1. The number of nitrogens with zero attached hydrogens (tertiary/aromatic N) is 1. The van der Waals surface area contributed by atoms with Crippen LogP contribution in [0, 0.1) is 5.92 Å². The van der Waals surface area contributed by atoms with Crippen molar-refractivity contribution in [3.63, 3.8) is 0 Å². The topological polar surface area (TPSA) is 66.5 Å². The Labute approximate surface area is 201 Å². The van der Waals surface area contributed by atoms with Crippen LogP contribution in [0.4, 0.5) is 0 Å². The molecule has 1 amide bonds. The van der Waals surface area contributed by atoms with E-state index in [1.807, 2.05) is 54.6 Å². The molecule has 2 fully saturated rings. The van der Waals surface area contributed by atoms with Crippen LogP contribution in [-0.4, -0.2) is 31.2 Å². The minimum Gasteiger partial charge on any atom is -0.353 e. The second-order valence-electron chi connectivity index (χ2n) is 9.37. The summed E-state index contributed by atoms with van der Waals surface area (Å²) in [6.45, 7) is 0.192. The molecule has 3 aromatic rings. The van der Waals surface area contributed by atoms with Crippen molar-refractivity contribution in [3.05, 3.63) is 102 Å². The van der Waals surface area contributed by atoms with Gasteiger partial charge in [-0.1, -0.05) is 78.9 Å². The molecule has 2 atom stereocenters. The molecule has 0 radical (unpaired) electrons. The van der Waals surface area contributed by atoms with E-state index in [2.05, 4.69) is 17.4 Å². The number of hydrogen-bond donors (Lipinski definition) is 1. The number of carbonyl (C=O) groups excluding carboxylic acids is 1. The number of piperidine rings is 1. The average molecular weight is 475 g/mol. The van der Waals surface area contributed by atoms with Crippen LogP contribution in [0.25, 0.3) is 0 Å². The Hall–Kier alpha value is -2.96. The van der Waals surface area contributed by atoms with E-state index < -0.39 is 10.0 Å². The molecule has 1 saturated carbocycles. The molecular formula is C28H30N2O3S. The van der Waals surface area contributed by atoms with Gasteiger partial charge < -0.3 is 5.32 Å². The summed E-state index contributed by atoms with van der Waals surface area (Å²) >= 11 is 0. The monoisotopic (exact) mass is 474 g/mol. The minimum absolute atomic E-state index is 0.0312. The van der Waals surface area contributed by atoms with Gasteiger partial charge in [0, 0.05) is 12.6 Å². The van der Waals surface area contributed by atoms with Gasteiger partial charge >= 0.3 is 0 Å². The second kappa shape index (κ2) is 9.72. The number of hydrogen-bond acceptors (Lipinski definition) is 3. The van der Waals surface area contributed by atoms with Gasteiger partial charge in [0.05, 0.1) is 16.9 Å². The first-order valence-corrected chi connectivity index (χ1v) is 13.4. The van der Waals surface area contributed by atoms with E-state index >= 15 is 0 Å². The predicted molar refractivity (Wildman–Crippen MR) is 133 cm³/mol. The molecule has 6 heteroatoms. The van der Waals surface area contributed by atoms with Gasteiger partial charge in [-0.05, 0) is 54.9 Å². The zero-order chi connectivity index (χ0) is 23.5. The van der Waals surface area contributed by atoms with Crippen LogP contribution in [-0.2, 0) is 14.8 Å². The van der Waals surface area contributed by atoms with Crippen LogP contribution in [0.3, 0.4) is 0 Å². The standard InChI is InChI=1S/C28H30N2O3S/c31-28(29-25-18-24(19-25)21-10-4-1-5-11-21)23-16-17-27(22-12-6-2-7-13-22)30(20-23)34(32,33)26-14-8-3-9-15-26/h1-15,23-25,27H,16-20H2,(H,29,31). The van der Waals surface area contributed by atoms with E-state index in [-0.39, 0.29) is 35.3 Å². The van der Waals surface area contributed by atoms with E-state index in [1.165, 1.54) is 5.56 Å². The lowest BCUT2D eigenvalue weighted by Gasteiger charge is -2.40. The fraction of sp³-hybridized carbons (Fsp3) is 0.321. The molecule has 1 aliphatic heterocycles. The summed E-state index contributed by atoms with van der Waals surface area (Å²) in [7, 11) is -3.74. The van der Waals surface area contributed by atoms with E-state index in [1.54, 1.807) is 28.6 Å². The van der Waals surface area contributed by atoms with Crippen molar-refractivity contribution < 1.29 is 13.2 Å². The first kappa shape index (κ1) is 22.8. The third-order valence-electron chi connectivity index (χ3n) is 7.20. The van der Waals surface area contributed by atoms with Crippen LogP contribution < -0.4 is 5.32 Å². The lowest BCUT2D eigenvalue weighted by molar-refractivity contribution is -0.127. The van der Waals surface area contributed by atoms with Crippen molar-refractivity contribution >= 4 is 15.9 Å². The highest BCUT2D eigenvalue weighted by Gasteiger charge is 2.41. The smallest absolute Gasteiger partial charge is 0.243 e. The first-order chi connectivity index (χ1) is 16.5. The summed E-state index contributed by atoms with van der Waals surface area (Å²) in [5, 5.41) is 3.19. The summed E-state index contributed by atoms with van der Waals surface area (Å²) in [5.41, 5.74) is 2.28. The summed E-state index contributed by atoms with van der Waals surface area (Å²) in [5.74, 6) is 0.0979. The van der Waals surface area contributed by atoms with Gasteiger partial charge in [-0.2, -0.15) is 4.31 Å². The Morgan fingerprint density at radius 3 is 1.94 bits per heavy atom. The Balaban J connectivity index is 1.30. The van der Waals surface area contributed by atoms with Gasteiger partial charge in [-0.25, -0.2) is 8.42 Å². The predicted octanol–water partition coefficient (Wildman–Crippen LogP) is 4.89. The number of amides is 1. The quantitative estimate of drug-likeness (QED) is 0.553. The summed E-state index contributed by atoms with van der Waals surface area (Å²) in [4.78, 5) is 13.4. The fourth-order valence-corrected chi connectivity index (χ4v) is 6.92. The van der Waals surface area contributed by atoms with Crippen LogP contribution >= 0.6 is 0 Å². The molecule has 2 aliphatic rings. The molecule has 1 N–H and O–H groups in total. The highest BCUT2D eigenvalue weighted by Crippen LogP contribution is 2.39. The van der Waals surface area contributed by atoms with Crippen molar-refractivity contribution in [2.45, 2.75) is 48.6 Å². The third-order valence-corrected chi connectivity index (χ3v) is 9.09. The maximum atomic E-state index is 13.6. The summed E-state index contributed by atoms with van der Waals surface area (Å²) in [6, 6.07) is 28.5. The van der Waals surface area contributed by atoms with Crippen LogP contribution in [0.2, 0.25) is 0 Å². The van der Waals surface area contributed by atoms with Crippen molar-refractivity contribution in [2.24, 2.45) is 5.92 Å². The van der Waals surface area contributed by atoms with Crippen molar-refractivity contribution in [1.82, 2.24) is 9.62 Å². The van der Waals surface area contributed by atoms with E-state index in [4.69, 9.17) is 0 Å². The van der Waals surface area contributed by atoms with Gasteiger partial charge in [0.1, 0.15) is 0 Å². The molecule has 2 unspecified atom stereocenters. The van der Waals surface area contributed by atoms with E-state index in [0.29, 0.717) is 18.8 Å². The van der Waals surface area contributed by atoms with E-state index in [9.17, 15) is 13.2 Å². The Kier molecular flexibility index (Phi) is 6.53. The number of rotatable bonds is 6. The molecule has 5 rings (SSSR count). The molecule has 176 valence electrons. The highest BCUT2D eigenvalue weighted by molar-refractivity contribution is 7.89. The molecule has 0 spiro atoms. The Morgan fingerprint density at radius 1 is 0.765 bits per heavy atom. The van der Waals surface area contributed by atoms with Gasteiger partial charge in [0.15, 0.2) is 0 Å². The molecule has 3 aromatic carbocycles. The summed E-state index contributed by atoms with van der Waals surface area (Å²) < 4.78 is 28.8. The average Bonchev–Trinajstić information content (AvgIpc) is 2.87. The van der Waals surface area contributed by atoms with Crippen molar-refractivity contribution in [3.8, 4) is 0 Å². The lowest BCUT2D eigenvalue weighted by atomic mass is 9.75. The molecule has 0 bridgehead atoms. The fourth-order valence-electron chi connectivity index (χ4n) is 5.21. The molecule has 1 heterocycles. The van der Waals surface area contributed by atoms with Crippen LogP contribution in [0.5, 0.6) is 0 Å². The SMILES string of the molecule is O=C(NC1CC(c2ccccc2)C1)C1CCC(c2ccccc2)N(S(=O)(=O)c2ccccc2)C1. The molecule has 5 nitrogen and oxygen atoms in total. The maximum Gasteiger partial charge on any atom is 0.243 e. The normalized spacial score (nSPS) is 25.3. The zero-order valence-electron chi connectivity index (χ0n) is 19.1. The third kappa shape index (κ3) is 4.65. The Morgan fingerprint density at radius 2 is 1.32 bits per heavy atom. The second-order valence-corrected chi connectivity index (χ2v) is 11.3. The lowest BCUT2D eigenvalue weighted by Crippen LogP contribution is -2.50. The van der Waals surface area contributed by atoms with Crippen LogP contribution in [0.15, 0.2) is 95.9 Å². The Bertz CT molecular complexity index is 1210. The number of benzene rings is 3. The number of sulfonamides is 1. The van der Waals surface area contributed by atoms with Crippen molar-refractivity contribution in [2.75, 3.05) is 6.54 Å². The molecule has 0 aromatic heterocycles. The molecular weight excluding hydrogens is 444 g/mol. The zero-order valence-corrected chi connectivity index (χ0v) is 19.9. The van der Waals surface area contributed by atoms with Gasteiger partial charge in [-0.15, -0.1) is 0 Å². The maximum absolute atomic E-state index is 13.6. The van der Waals surface area contributed by atoms with Crippen molar-refractivity contribution in [1.29, 1.82) is 0 Å². The highest BCUT2D eigenvalue weighted by atomic mass is 32.2.